The predicted molar refractivity (Wildman–Crippen MR) is 66.9 cm³/mol. The summed E-state index contributed by atoms with van der Waals surface area (Å²) in [6, 6.07) is 2.19. The molecule has 0 spiro atoms. The summed E-state index contributed by atoms with van der Waals surface area (Å²) in [5.74, 6) is 0. The summed E-state index contributed by atoms with van der Waals surface area (Å²) in [4.78, 5) is 3.78. The van der Waals surface area contributed by atoms with E-state index >= 15 is 0 Å². The lowest BCUT2D eigenvalue weighted by molar-refractivity contribution is 0.324. The van der Waals surface area contributed by atoms with Crippen molar-refractivity contribution in [2.45, 2.75) is 13.0 Å². The molecule has 0 aliphatic heterocycles. The molecule has 0 aliphatic carbocycles. The molecule has 0 unspecified atom stereocenters. The zero-order chi connectivity index (χ0) is 10.4. The average molecular weight is 277 g/mol. The van der Waals surface area contributed by atoms with Crippen molar-refractivity contribution in [3.63, 3.8) is 0 Å². The smallest absolute Gasteiger partial charge is 0.0325 e. The minimum absolute atomic E-state index is 1.06. The highest BCUT2D eigenvalue weighted by molar-refractivity contribution is 9.10. The van der Waals surface area contributed by atoms with E-state index in [-0.39, 0.29) is 0 Å². The fourth-order valence-corrected chi connectivity index (χ4v) is 2.84. The molecule has 1 aromatic heterocycles. The first kappa shape index (κ1) is 12.2. The molecular formula is C10H17BrN2S. The van der Waals surface area contributed by atoms with Crippen LogP contribution in [0.15, 0.2) is 15.9 Å². The summed E-state index contributed by atoms with van der Waals surface area (Å²) in [7, 11) is 4.17. The zero-order valence-electron chi connectivity index (χ0n) is 8.72. The number of rotatable bonds is 6. The van der Waals surface area contributed by atoms with Crippen LogP contribution in [0.25, 0.3) is 0 Å². The van der Waals surface area contributed by atoms with Gasteiger partial charge in [0.25, 0.3) is 0 Å². The van der Waals surface area contributed by atoms with Crippen LogP contribution in [0.1, 0.15) is 11.3 Å². The van der Waals surface area contributed by atoms with Crippen LogP contribution >= 0.6 is 27.3 Å². The van der Waals surface area contributed by atoms with Crippen LogP contribution in [0.2, 0.25) is 0 Å². The van der Waals surface area contributed by atoms with E-state index in [1.807, 2.05) is 18.4 Å². The maximum Gasteiger partial charge on any atom is 0.0325 e. The third kappa shape index (κ3) is 4.55. The van der Waals surface area contributed by atoms with E-state index in [9.17, 15) is 0 Å². The average Bonchev–Trinajstić information content (AvgIpc) is 2.52. The highest BCUT2D eigenvalue weighted by Crippen LogP contribution is 2.20. The Hall–Kier alpha value is 0.1000. The quantitative estimate of drug-likeness (QED) is 0.804. The molecule has 0 saturated heterocycles. The molecule has 0 atom stereocenters. The molecule has 0 saturated carbocycles. The highest BCUT2D eigenvalue weighted by Gasteiger charge is 2.02. The van der Waals surface area contributed by atoms with Gasteiger partial charge in [0.05, 0.1) is 0 Å². The molecule has 1 aromatic rings. The van der Waals surface area contributed by atoms with E-state index in [0.717, 1.165) is 19.6 Å². The van der Waals surface area contributed by atoms with Crippen LogP contribution in [-0.2, 0) is 6.54 Å². The van der Waals surface area contributed by atoms with Crippen LogP contribution in [0.3, 0.4) is 0 Å². The molecular weight excluding hydrogens is 260 g/mol. The number of nitrogens with zero attached hydrogens (tertiary/aromatic N) is 1. The molecule has 0 amide bonds. The van der Waals surface area contributed by atoms with E-state index in [1.165, 1.54) is 15.8 Å². The Morgan fingerprint density at radius 1 is 1.57 bits per heavy atom. The molecule has 2 nitrogen and oxygen atoms in total. The van der Waals surface area contributed by atoms with Crippen molar-refractivity contribution in [2.75, 3.05) is 27.2 Å². The number of halogens is 1. The van der Waals surface area contributed by atoms with Crippen LogP contribution in [0, 0.1) is 0 Å². The van der Waals surface area contributed by atoms with Gasteiger partial charge in [0.2, 0.25) is 0 Å². The van der Waals surface area contributed by atoms with Gasteiger partial charge in [-0.25, -0.2) is 0 Å². The minimum atomic E-state index is 1.06. The van der Waals surface area contributed by atoms with Gasteiger partial charge in [-0.05, 0) is 55.6 Å². The Balaban J connectivity index is 2.23. The largest absolute Gasteiger partial charge is 0.320 e. The Kier molecular flexibility index (Phi) is 5.70. The van der Waals surface area contributed by atoms with Crippen LogP contribution < -0.4 is 5.32 Å². The summed E-state index contributed by atoms with van der Waals surface area (Å²) in [6.45, 7) is 3.30. The first-order valence-corrected chi connectivity index (χ1v) is 6.45. The van der Waals surface area contributed by atoms with E-state index < -0.39 is 0 Å². The molecule has 0 bridgehead atoms. The summed E-state index contributed by atoms with van der Waals surface area (Å²) in [5.41, 5.74) is 0. The first-order chi connectivity index (χ1) is 6.72. The molecule has 0 aromatic carbocycles. The lowest BCUT2D eigenvalue weighted by Crippen LogP contribution is -2.21. The molecule has 0 aliphatic rings. The number of nitrogens with one attached hydrogen (secondary N) is 1. The maximum atomic E-state index is 3.47. The fraction of sp³-hybridized carbons (Fsp3) is 0.600. The molecule has 4 heteroatoms. The second-order valence-corrected chi connectivity index (χ2v) is 5.34. The van der Waals surface area contributed by atoms with Gasteiger partial charge in [0, 0.05) is 21.3 Å². The topological polar surface area (TPSA) is 15.3 Å². The molecule has 1 rings (SSSR count). The summed E-state index contributed by atoms with van der Waals surface area (Å²) in [6.07, 6.45) is 1.21. The molecule has 0 radical (unpaired) electrons. The van der Waals surface area contributed by atoms with Gasteiger partial charge in [0.15, 0.2) is 0 Å². The summed E-state index contributed by atoms with van der Waals surface area (Å²) >= 11 is 5.28. The Morgan fingerprint density at radius 3 is 2.93 bits per heavy atom. The van der Waals surface area contributed by atoms with Crippen molar-refractivity contribution in [3.8, 4) is 0 Å². The maximum absolute atomic E-state index is 3.47. The molecule has 1 heterocycles. The van der Waals surface area contributed by atoms with Gasteiger partial charge in [-0.3, -0.25) is 0 Å². The number of thiophene rings is 1. The lowest BCUT2D eigenvalue weighted by atomic mass is 10.3. The zero-order valence-corrected chi connectivity index (χ0v) is 11.1. The van der Waals surface area contributed by atoms with Gasteiger partial charge in [-0.2, -0.15) is 0 Å². The number of hydrogen-bond acceptors (Lipinski definition) is 3. The van der Waals surface area contributed by atoms with Crippen molar-refractivity contribution in [3.05, 3.63) is 20.8 Å². The summed E-state index contributed by atoms with van der Waals surface area (Å²) < 4.78 is 1.20. The first-order valence-electron chi connectivity index (χ1n) is 4.78. The molecule has 1 N–H and O–H groups in total. The van der Waals surface area contributed by atoms with Gasteiger partial charge in [-0.15, -0.1) is 11.3 Å². The van der Waals surface area contributed by atoms with Crippen LogP contribution in [0.5, 0.6) is 0 Å². The number of hydrogen-bond donors (Lipinski definition) is 1. The SMILES string of the molecule is CNCCCN(C)Cc1cc(Br)cs1. The molecule has 14 heavy (non-hydrogen) atoms. The van der Waals surface area contributed by atoms with Crippen LogP contribution in [0.4, 0.5) is 0 Å². The monoisotopic (exact) mass is 276 g/mol. The van der Waals surface area contributed by atoms with Crippen LogP contribution in [-0.4, -0.2) is 32.1 Å². The Bertz CT molecular complexity index is 262. The van der Waals surface area contributed by atoms with Gasteiger partial charge in [0.1, 0.15) is 0 Å². The van der Waals surface area contributed by atoms with E-state index in [4.69, 9.17) is 0 Å². The lowest BCUT2D eigenvalue weighted by Gasteiger charge is -2.14. The van der Waals surface area contributed by atoms with Crippen molar-refractivity contribution >= 4 is 27.3 Å². The van der Waals surface area contributed by atoms with Crippen molar-refractivity contribution in [1.82, 2.24) is 10.2 Å². The third-order valence-corrected chi connectivity index (χ3v) is 3.70. The standard InChI is InChI=1S/C10H17BrN2S/c1-12-4-3-5-13(2)7-10-6-9(11)8-14-10/h6,8,12H,3-5,7H2,1-2H3. The second kappa shape index (κ2) is 6.56. The van der Waals surface area contributed by atoms with Gasteiger partial charge in [-0.1, -0.05) is 0 Å². The van der Waals surface area contributed by atoms with Gasteiger partial charge < -0.3 is 10.2 Å². The fourth-order valence-electron chi connectivity index (χ4n) is 1.31. The van der Waals surface area contributed by atoms with E-state index in [2.05, 4.69) is 44.6 Å². The Labute approximate surface area is 98.4 Å². The van der Waals surface area contributed by atoms with Gasteiger partial charge >= 0.3 is 0 Å². The predicted octanol–water partition coefficient (Wildman–Crippen LogP) is 2.55. The minimum Gasteiger partial charge on any atom is -0.320 e. The van der Waals surface area contributed by atoms with E-state index in [0.29, 0.717) is 0 Å². The van der Waals surface area contributed by atoms with Crippen molar-refractivity contribution < 1.29 is 0 Å². The normalized spacial score (nSPS) is 11.1. The van der Waals surface area contributed by atoms with Crippen molar-refractivity contribution in [1.29, 1.82) is 0 Å². The van der Waals surface area contributed by atoms with E-state index in [1.54, 1.807) is 0 Å². The molecule has 80 valence electrons. The summed E-state index contributed by atoms with van der Waals surface area (Å²) in [5, 5.41) is 5.30. The highest BCUT2D eigenvalue weighted by atomic mass is 79.9. The second-order valence-electron chi connectivity index (χ2n) is 3.43. The molecule has 0 fully saturated rings. The van der Waals surface area contributed by atoms with Crippen molar-refractivity contribution in [2.24, 2.45) is 0 Å². The Morgan fingerprint density at radius 2 is 2.36 bits per heavy atom. The third-order valence-electron chi connectivity index (χ3n) is 2.01.